The van der Waals surface area contributed by atoms with Gasteiger partial charge in [-0.1, -0.05) is 30.8 Å². The molecule has 1 N–H and O–H groups in total. The number of furan rings is 1. The summed E-state index contributed by atoms with van der Waals surface area (Å²) in [6.45, 7) is 8.46. The number of nitrogens with one attached hydrogen (secondary N) is 1. The quantitative estimate of drug-likeness (QED) is 0.191. The zero-order chi connectivity index (χ0) is 42.7. The van der Waals surface area contributed by atoms with Crippen molar-refractivity contribution in [2.75, 3.05) is 56.0 Å². The van der Waals surface area contributed by atoms with Gasteiger partial charge in [0.1, 0.15) is 18.1 Å². The minimum atomic E-state index is -3.75. The van der Waals surface area contributed by atoms with Crippen molar-refractivity contribution in [1.29, 1.82) is 0 Å². The number of piperazine rings is 1. The molecule has 5 aliphatic rings. The minimum Gasteiger partial charge on any atom is -0.445 e. The number of aromatic nitrogens is 1. The predicted octanol–water partition coefficient (Wildman–Crippen LogP) is 5.95. The lowest BCUT2D eigenvalue weighted by atomic mass is 9.71. The average Bonchev–Trinajstić information content (AvgIpc) is 3.82. The van der Waals surface area contributed by atoms with Crippen molar-refractivity contribution in [2.45, 2.75) is 57.2 Å². The summed E-state index contributed by atoms with van der Waals surface area (Å²) in [5.41, 5.74) is 2.32. The summed E-state index contributed by atoms with van der Waals surface area (Å²) in [5.74, 6) is 0.258. The molecule has 318 valence electrons. The smallest absolute Gasteiger partial charge is 0.445 e. The molecule has 4 aliphatic heterocycles. The molecule has 1 spiro atoms. The SMILES string of the molecule is C=CC(=O)N1CCN(c2ccc(CCC(=O)N3CCC4(CC3)CN(C(=O)c3cccc(-c5nc(NC(=O)C6(c7ccc8c(c7)OC(F)(F)O8)CC6)ccc5C)c3)C4)o2)C(=O)C1.[HH]. The lowest BCUT2D eigenvalue weighted by Gasteiger charge is -2.54. The fourth-order valence-corrected chi connectivity index (χ4v) is 8.84. The number of amides is 5. The first-order chi connectivity index (χ1) is 29.2. The Morgan fingerprint density at radius 1 is 0.885 bits per heavy atom. The molecule has 6 heterocycles. The first-order valence-electron chi connectivity index (χ1n) is 20.4. The van der Waals surface area contributed by atoms with E-state index in [0.717, 1.165) is 24.0 Å². The van der Waals surface area contributed by atoms with Gasteiger partial charge in [-0.2, -0.15) is 0 Å². The van der Waals surface area contributed by atoms with Gasteiger partial charge in [-0.25, -0.2) is 4.98 Å². The van der Waals surface area contributed by atoms with Crippen molar-refractivity contribution in [2.24, 2.45) is 5.41 Å². The monoisotopic (exact) mass is 836 g/mol. The molecule has 0 unspecified atom stereocenters. The molecule has 9 rings (SSSR count). The Morgan fingerprint density at radius 2 is 1.66 bits per heavy atom. The van der Waals surface area contributed by atoms with Crippen molar-refractivity contribution >= 4 is 41.2 Å². The zero-order valence-electron chi connectivity index (χ0n) is 33.6. The number of ether oxygens (including phenoxy) is 2. The van der Waals surface area contributed by atoms with E-state index in [1.807, 2.05) is 41.0 Å². The Kier molecular flexibility index (Phi) is 9.90. The minimum absolute atomic E-state index is 0. The number of aryl methyl sites for hydroxylation is 2. The van der Waals surface area contributed by atoms with Gasteiger partial charge in [0.15, 0.2) is 11.5 Å². The molecule has 1 saturated carbocycles. The Balaban J connectivity index is 0.00000529. The van der Waals surface area contributed by atoms with Gasteiger partial charge in [-0.05, 0) is 86.2 Å². The summed E-state index contributed by atoms with van der Waals surface area (Å²) in [6.07, 6.45) is 0.776. The molecular weight excluding hydrogens is 791 g/mol. The number of pyridine rings is 1. The largest absolute Gasteiger partial charge is 0.586 e. The Hall–Kier alpha value is -6.58. The van der Waals surface area contributed by atoms with E-state index in [9.17, 15) is 32.8 Å². The number of benzene rings is 2. The summed E-state index contributed by atoms with van der Waals surface area (Å²) in [5, 5.41) is 2.92. The second kappa shape index (κ2) is 15.2. The lowest BCUT2D eigenvalue weighted by Crippen LogP contribution is -2.62. The molecule has 16 heteroatoms. The third kappa shape index (κ3) is 7.70. The van der Waals surface area contributed by atoms with Crippen LogP contribution in [0, 0.1) is 12.3 Å². The number of alkyl halides is 2. The van der Waals surface area contributed by atoms with Gasteiger partial charge in [0.05, 0.1) is 11.1 Å². The van der Waals surface area contributed by atoms with Gasteiger partial charge in [0.25, 0.3) is 5.91 Å². The first-order valence-corrected chi connectivity index (χ1v) is 20.4. The van der Waals surface area contributed by atoms with E-state index in [0.29, 0.717) is 92.8 Å². The summed E-state index contributed by atoms with van der Waals surface area (Å²) in [7, 11) is 0. The van der Waals surface area contributed by atoms with Gasteiger partial charge < -0.3 is 33.9 Å². The number of hydrogen-bond donors (Lipinski definition) is 1. The van der Waals surface area contributed by atoms with E-state index >= 15 is 0 Å². The molecule has 5 amide bonds. The van der Waals surface area contributed by atoms with Gasteiger partial charge in [-0.15, -0.1) is 8.78 Å². The molecule has 1 aliphatic carbocycles. The number of likely N-dealkylation sites (tertiary alicyclic amines) is 2. The van der Waals surface area contributed by atoms with Crippen LogP contribution in [0.15, 0.2) is 83.8 Å². The van der Waals surface area contributed by atoms with Crippen LogP contribution in [0.3, 0.4) is 0 Å². The van der Waals surface area contributed by atoms with Crippen molar-refractivity contribution in [3.63, 3.8) is 0 Å². The van der Waals surface area contributed by atoms with Crippen LogP contribution >= 0.6 is 0 Å². The number of hydrogen-bond acceptors (Lipinski definition) is 9. The fourth-order valence-electron chi connectivity index (χ4n) is 8.84. The summed E-state index contributed by atoms with van der Waals surface area (Å²) < 4.78 is 42.3. The number of halogens is 2. The number of carbonyl (C=O) groups is 5. The molecule has 0 radical (unpaired) electrons. The van der Waals surface area contributed by atoms with Crippen molar-refractivity contribution in [3.05, 3.63) is 102 Å². The number of nitrogens with zero attached hydrogens (tertiary/aromatic N) is 5. The maximum Gasteiger partial charge on any atom is 0.586 e. The molecule has 3 saturated heterocycles. The molecule has 4 fully saturated rings. The first kappa shape index (κ1) is 39.9. The Bertz CT molecular complexity index is 2470. The van der Waals surface area contributed by atoms with Gasteiger partial charge in [0, 0.05) is 76.1 Å². The Labute approximate surface area is 351 Å². The van der Waals surface area contributed by atoms with Crippen molar-refractivity contribution in [1.82, 2.24) is 19.7 Å². The van der Waals surface area contributed by atoms with E-state index in [-0.39, 0.29) is 60.8 Å². The topological polar surface area (TPSA) is 155 Å². The number of carbonyl (C=O) groups excluding carboxylic acids is 5. The zero-order valence-corrected chi connectivity index (χ0v) is 33.6. The van der Waals surface area contributed by atoms with Crippen LogP contribution in [0.2, 0.25) is 0 Å². The van der Waals surface area contributed by atoms with Crippen LogP contribution in [0.25, 0.3) is 11.3 Å². The van der Waals surface area contributed by atoms with E-state index in [1.54, 1.807) is 30.3 Å². The molecule has 4 aromatic rings. The van der Waals surface area contributed by atoms with Crippen LogP contribution in [0.1, 0.15) is 60.8 Å². The molecule has 14 nitrogen and oxygen atoms in total. The maximum atomic E-state index is 13.7. The average molecular weight is 837 g/mol. The van der Waals surface area contributed by atoms with Crippen LogP contribution < -0.4 is 19.7 Å². The van der Waals surface area contributed by atoms with Crippen molar-refractivity contribution < 1.29 is 48.1 Å². The highest BCUT2D eigenvalue weighted by Crippen LogP contribution is 2.52. The van der Waals surface area contributed by atoms with Gasteiger partial charge in [0.2, 0.25) is 29.5 Å². The Morgan fingerprint density at radius 3 is 2.39 bits per heavy atom. The number of piperidine rings is 1. The third-order valence-corrected chi connectivity index (χ3v) is 12.6. The molecular formula is C45H46F2N6O8. The van der Waals surface area contributed by atoms with Crippen molar-refractivity contribution in [3.8, 4) is 22.8 Å². The molecule has 0 atom stereocenters. The predicted molar refractivity (Wildman–Crippen MR) is 219 cm³/mol. The highest BCUT2D eigenvalue weighted by Gasteiger charge is 2.53. The lowest BCUT2D eigenvalue weighted by molar-refractivity contribution is -0.286. The van der Waals surface area contributed by atoms with Crippen LogP contribution in [0.4, 0.5) is 20.5 Å². The number of anilines is 2. The van der Waals surface area contributed by atoms with E-state index < -0.39 is 11.7 Å². The van der Waals surface area contributed by atoms with E-state index in [1.165, 1.54) is 28.0 Å². The second-order valence-corrected chi connectivity index (χ2v) is 16.6. The second-order valence-electron chi connectivity index (χ2n) is 16.6. The normalized spacial score (nSPS) is 19.4. The van der Waals surface area contributed by atoms with Crippen LogP contribution in [-0.4, -0.2) is 101 Å². The summed E-state index contributed by atoms with van der Waals surface area (Å²) in [4.78, 5) is 76.5. The standard InChI is InChI=1S/C45H44F2N6O8.H2/c1-3-36(54)51-21-22-53(38(56)25-51)39-14-10-32(59-39)9-13-37(55)50-19-17-43(18-20-50)26-52(27-43)41(57)30-6-4-5-29(23-30)40-28(2)7-12-35(48-40)49-42(58)44(15-16-44)31-8-11-33-34(24-31)61-45(46,47)60-33;/h3-8,10-12,14,23-24H,1,9,13,15-22,25-27H2,2H3,(H,48,49,58);1H. The third-order valence-electron chi connectivity index (χ3n) is 12.6. The van der Waals surface area contributed by atoms with Crippen LogP contribution in [0.5, 0.6) is 11.5 Å². The maximum absolute atomic E-state index is 13.7. The summed E-state index contributed by atoms with van der Waals surface area (Å²) >= 11 is 0. The van der Waals surface area contributed by atoms with Crippen LogP contribution in [-0.2, 0) is 31.0 Å². The highest BCUT2D eigenvalue weighted by molar-refractivity contribution is 6.01. The fraction of sp³-hybridized carbons (Fsp3) is 0.378. The molecule has 2 aromatic heterocycles. The number of rotatable bonds is 10. The summed E-state index contributed by atoms with van der Waals surface area (Å²) in [6, 6.07) is 18.7. The number of fused-ring (bicyclic) bond motifs is 1. The van der Waals surface area contributed by atoms with E-state index in [2.05, 4.69) is 21.4 Å². The molecule has 0 bridgehead atoms. The van der Waals surface area contributed by atoms with E-state index in [4.69, 9.17) is 9.40 Å². The molecule has 61 heavy (non-hydrogen) atoms. The highest BCUT2D eigenvalue weighted by atomic mass is 19.3. The van der Waals surface area contributed by atoms with Gasteiger partial charge in [-0.3, -0.25) is 28.9 Å². The molecule has 2 aromatic carbocycles. The van der Waals surface area contributed by atoms with Gasteiger partial charge >= 0.3 is 6.29 Å².